The van der Waals surface area contributed by atoms with E-state index in [1.54, 1.807) is 12.4 Å². The van der Waals surface area contributed by atoms with Crippen molar-refractivity contribution in [3.05, 3.63) is 42.2 Å². The van der Waals surface area contributed by atoms with Crippen molar-refractivity contribution in [2.75, 3.05) is 57.4 Å². The summed E-state index contributed by atoms with van der Waals surface area (Å²) >= 11 is 0. The Labute approximate surface area is 185 Å². The highest BCUT2D eigenvalue weighted by molar-refractivity contribution is 5.80. The van der Waals surface area contributed by atoms with Gasteiger partial charge in [0.25, 0.3) is 0 Å². The van der Waals surface area contributed by atoms with Crippen molar-refractivity contribution in [1.29, 1.82) is 0 Å². The molecule has 0 amide bonds. The lowest BCUT2D eigenvalue weighted by atomic mass is 10.1. The number of guanidine groups is 1. The maximum Gasteiger partial charge on any atom is 0.225 e. The van der Waals surface area contributed by atoms with E-state index in [1.807, 2.05) is 26.0 Å². The van der Waals surface area contributed by atoms with E-state index in [0.29, 0.717) is 19.8 Å². The van der Waals surface area contributed by atoms with Crippen molar-refractivity contribution in [2.45, 2.75) is 27.2 Å². The van der Waals surface area contributed by atoms with Crippen molar-refractivity contribution < 1.29 is 9.47 Å². The van der Waals surface area contributed by atoms with Crippen LogP contribution in [0, 0.1) is 0 Å². The van der Waals surface area contributed by atoms with Crippen molar-refractivity contribution in [3.63, 3.8) is 0 Å². The van der Waals surface area contributed by atoms with Gasteiger partial charge in [-0.3, -0.25) is 4.99 Å². The molecule has 0 radical (unpaired) electrons. The standard InChI is InChI=1S/C23H34N6O2/c1-4-24-22(28-14-16-29(17-15-28)23-25-11-7-12-26-23)27-13-10-19-8-9-20(30-5-2)21(18-19)31-6-3/h7-9,11-12,18H,4-6,10,13-17H2,1-3H3,(H,24,27). The summed E-state index contributed by atoms with van der Waals surface area (Å²) in [5.74, 6) is 3.36. The van der Waals surface area contributed by atoms with Crippen LogP contribution < -0.4 is 19.7 Å². The SMILES string of the molecule is CCNC(=NCCc1ccc(OCC)c(OCC)c1)N1CCN(c2ncccn2)CC1. The monoisotopic (exact) mass is 426 g/mol. The predicted molar refractivity (Wildman–Crippen MR) is 124 cm³/mol. The topological polar surface area (TPSA) is 75.1 Å². The molecule has 8 heteroatoms. The number of rotatable bonds is 9. The summed E-state index contributed by atoms with van der Waals surface area (Å²) in [6.07, 6.45) is 4.43. The lowest BCUT2D eigenvalue weighted by Crippen LogP contribution is -2.53. The first-order valence-corrected chi connectivity index (χ1v) is 11.2. The minimum absolute atomic E-state index is 0.617. The first-order chi connectivity index (χ1) is 15.2. The van der Waals surface area contributed by atoms with Crippen LogP contribution in [0.3, 0.4) is 0 Å². The third-order valence-corrected chi connectivity index (χ3v) is 5.02. The largest absolute Gasteiger partial charge is 0.490 e. The summed E-state index contributed by atoms with van der Waals surface area (Å²) in [7, 11) is 0. The molecule has 3 rings (SSSR count). The van der Waals surface area contributed by atoms with Gasteiger partial charge in [0.1, 0.15) is 0 Å². The van der Waals surface area contributed by atoms with Crippen molar-refractivity contribution >= 4 is 11.9 Å². The lowest BCUT2D eigenvalue weighted by Gasteiger charge is -2.36. The number of hydrogen-bond donors (Lipinski definition) is 1. The molecule has 0 atom stereocenters. The fourth-order valence-corrected chi connectivity index (χ4v) is 3.54. The van der Waals surface area contributed by atoms with Crippen LogP contribution in [0.4, 0.5) is 5.95 Å². The van der Waals surface area contributed by atoms with Gasteiger partial charge in [-0.25, -0.2) is 9.97 Å². The molecule has 1 aliphatic rings. The van der Waals surface area contributed by atoms with Crippen molar-refractivity contribution in [1.82, 2.24) is 20.2 Å². The van der Waals surface area contributed by atoms with Crippen LogP contribution in [-0.2, 0) is 6.42 Å². The molecule has 2 aromatic rings. The molecule has 1 aromatic carbocycles. The molecule has 0 aliphatic carbocycles. The summed E-state index contributed by atoms with van der Waals surface area (Å²) in [6, 6.07) is 7.99. The van der Waals surface area contributed by atoms with E-state index >= 15 is 0 Å². The van der Waals surface area contributed by atoms with E-state index in [1.165, 1.54) is 5.56 Å². The number of anilines is 1. The van der Waals surface area contributed by atoms with E-state index in [2.05, 4.69) is 44.1 Å². The molecule has 0 unspecified atom stereocenters. The van der Waals surface area contributed by atoms with Crippen LogP contribution in [-0.4, -0.2) is 73.3 Å². The normalized spacial score (nSPS) is 14.5. The Kier molecular flexibility index (Phi) is 8.75. The fraction of sp³-hybridized carbons (Fsp3) is 0.522. The molecule has 1 saturated heterocycles. The Hall–Kier alpha value is -3.03. The van der Waals surface area contributed by atoms with Crippen molar-refractivity contribution in [2.24, 2.45) is 4.99 Å². The molecular formula is C23H34N6O2. The van der Waals surface area contributed by atoms with Crippen LogP contribution in [0.15, 0.2) is 41.7 Å². The average Bonchev–Trinajstić information content (AvgIpc) is 2.81. The maximum atomic E-state index is 5.74. The summed E-state index contributed by atoms with van der Waals surface area (Å²) in [6.45, 7) is 12.4. The molecule has 0 spiro atoms. The lowest BCUT2D eigenvalue weighted by molar-refractivity contribution is 0.287. The number of ether oxygens (including phenoxy) is 2. The quantitative estimate of drug-likeness (QED) is 0.488. The molecule has 0 saturated carbocycles. The van der Waals surface area contributed by atoms with E-state index in [9.17, 15) is 0 Å². The Bertz CT molecular complexity index is 822. The number of piperazine rings is 1. The van der Waals surface area contributed by atoms with Gasteiger partial charge in [-0.05, 0) is 51.0 Å². The second-order valence-corrected chi connectivity index (χ2v) is 7.16. The fourth-order valence-electron chi connectivity index (χ4n) is 3.54. The Balaban J connectivity index is 1.58. The van der Waals surface area contributed by atoms with Crippen LogP contribution in [0.5, 0.6) is 11.5 Å². The van der Waals surface area contributed by atoms with Crippen LogP contribution in [0.2, 0.25) is 0 Å². The van der Waals surface area contributed by atoms with Gasteiger partial charge in [-0.2, -0.15) is 0 Å². The number of aliphatic imine (C=N–C) groups is 1. The van der Waals surface area contributed by atoms with Crippen LogP contribution in [0.1, 0.15) is 26.3 Å². The highest BCUT2D eigenvalue weighted by atomic mass is 16.5. The predicted octanol–water partition coefficient (Wildman–Crippen LogP) is 2.60. The van der Waals surface area contributed by atoms with Crippen LogP contribution >= 0.6 is 0 Å². The first-order valence-electron chi connectivity index (χ1n) is 11.2. The third kappa shape index (κ3) is 6.47. The zero-order valence-electron chi connectivity index (χ0n) is 18.9. The minimum Gasteiger partial charge on any atom is -0.490 e. The Morgan fingerprint density at radius 3 is 2.39 bits per heavy atom. The highest BCUT2D eigenvalue weighted by Crippen LogP contribution is 2.28. The number of benzene rings is 1. The summed E-state index contributed by atoms with van der Waals surface area (Å²) in [5.41, 5.74) is 1.19. The van der Waals surface area contributed by atoms with E-state index in [-0.39, 0.29) is 0 Å². The van der Waals surface area contributed by atoms with Gasteiger partial charge in [0.15, 0.2) is 17.5 Å². The van der Waals surface area contributed by atoms with Gasteiger partial charge in [-0.1, -0.05) is 6.07 Å². The van der Waals surface area contributed by atoms with Gasteiger partial charge < -0.3 is 24.6 Å². The summed E-state index contributed by atoms with van der Waals surface area (Å²) in [5, 5.41) is 3.43. The average molecular weight is 427 g/mol. The molecule has 1 aromatic heterocycles. The molecule has 1 aliphatic heterocycles. The van der Waals surface area contributed by atoms with Gasteiger partial charge in [0.05, 0.1) is 13.2 Å². The first kappa shape index (κ1) is 22.7. The van der Waals surface area contributed by atoms with Crippen molar-refractivity contribution in [3.8, 4) is 11.5 Å². The molecular weight excluding hydrogens is 392 g/mol. The number of nitrogens with one attached hydrogen (secondary N) is 1. The minimum atomic E-state index is 0.617. The molecule has 2 heterocycles. The number of nitrogens with zero attached hydrogens (tertiary/aromatic N) is 5. The smallest absolute Gasteiger partial charge is 0.225 e. The molecule has 31 heavy (non-hydrogen) atoms. The molecule has 168 valence electrons. The van der Waals surface area contributed by atoms with Gasteiger partial charge in [-0.15, -0.1) is 0 Å². The maximum absolute atomic E-state index is 5.74. The second-order valence-electron chi connectivity index (χ2n) is 7.16. The molecule has 0 bridgehead atoms. The van der Waals surface area contributed by atoms with Crippen LogP contribution in [0.25, 0.3) is 0 Å². The zero-order valence-corrected chi connectivity index (χ0v) is 18.9. The summed E-state index contributed by atoms with van der Waals surface area (Å²) < 4.78 is 11.4. The second kappa shape index (κ2) is 12.0. The highest BCUT2D eigenvalue weighted by Gasteiger charge is 2.21. The van der Waals surface area contributed by atoms with E-state index < -0.39 is 0 Å². The molecule has 1 fully saturated rings. The summed E-state index contributed by atoms with van der Waals surface area (Å²) in [4.78, 5) is 18.1. The molecule has 1 N–H and O–H groups in total. The Morgan fingerprint density at radius 2 is 1.71 bits per heavy atom. The third-order valence-electron chi connectivity index (χ3n) is 5.02. The zero-order chi connectivity index (χ0) is 21.9. The Morgan fingerprint density at radius 1 is 1.00 bits per heavy atom. The number of hydrogen-bond acceptors (Lipinski definition) is 6. The van der Waals surface area contributed by atoms with Gasteiger partial charge in [0, 0.05) is 51.7 Å². The van der Waals surface area contributed by atoms with E-state index in [0.717, 1.165) is 62.6 Å². The van der Waals surface area contributed by atoms with Gasteiger partial charge in [0.2, 0.25) is 5.95 Å². The number of aromatic nitrogens is 2. The van der Waals surface area contributed by atoms with Gasteiger partial charge >= 0.3 is 0 Å². The molecule has 8 nitrogen and oxygen atoms in total. The van der Waals surface area contributed by atoms with E-state index in [4.69, 9.17) is 14.5 Å².